The molecule has 1 N–H and O–H groups in total. The van der Waals surface area contributed by atoms with Crippen LogP contribution >= 0.6 is 0 Å². The summed E-state index contributed by atoms with van der Waals surface area (Å²) in [5.74, 6) is -0.672. The van der Waals surface area contributed by atoms with Gasteiger partial charge in [-0.1, -0.05) is 52.7 Å². The van der Waals surface area contributed by atoms with Crippen molar-refractivity contribution in [2.24, 2.45) is 17.3 Å². The largest absolute Gasteiger partial charge is 0.481 e. The van der Waals surface area contributed by atoms with Crippen LogP contribution in [0.5, 0.6) is 0 Å². The minimum atomic E-state index is -1.84. The van der Waals surface area contributed by atoms with E-state index in [2.05, 4.69) is 50.9 Å². The van der Waals surface area contributed by atoms with Crippen molar-refractivity contribution >= 4 is 14.3 Å². The second-order valence-electron chi connectivity index (χ2n) is 14.1. The first kappa shape index (κ1) is 31.8. The van der Waals surface area contributed by atoms with E-state index in [0.29, 0.717) is 17.9 Å². The molecule has 220 valence electrons. The average molecular weight is 552 g/mol. The van der Waals surface area contributed by atoms with Crippen molar-refractivity contribution in [1.82, 2.24) is 4.90 Å². The summed E-state index contributed by atoms with van der Waals surface area (Å²) >= 11 is 0. The summed E-state index contributed by atoms with van der Waals surface area (Å²) in [6.07, 6.45) is 17.0. The summed E-state index contributed by atoms with van der Waals surface area (Å²) in [6, 6.07) is 0.159. The number of hydrogen-bond acceptors (Lipinski definition) is 5. The molecule has 0 radical (unpaired) electrons. The van der Waals surface area contributed by atoms with Gasteiger partial charge in [0, 0.05) is 27.2 Å². The Kier molecular flexibility index (Phi) is 10.7. The maximum Gasteiger partial charge on any atom is 0.306 e. The molecular formula is C31H57NO5Si. The van der Waals surface area contributed by atoms with E-state index >= 15 is 0 Å². The maximum atomic E-state index is 11.1. The zero-order valence-corrected chi connectivity index (χ0v) is 26.7. The molecule has 0 bridgehead atoms. The lowest BCUT2D eigenvalue weighted by Gasteiger charge is -2.42. The van der Waals surface area contributed by atoms with Crippen LogP contribution in [0.25, 0.3) is 0 Å². The van der Waals surface area contributed by atoms with Crippen molar-refractivity contribution in [3.05, 3.63) is 12.2 Å². The van der Waals surface area contributed by atoms with E-state index in [1.54, 1.807) is 21.1 Å². The number of carboxylic acids is 1. The van der Waals surface area contributed by atoms with Gasteiger partial charge in [-0.05, 0) is 87.4 Å². The normalized spacial score (nSPS) is 25.1. The number of carboxylic acid groups (broad SMARTS) is 1. The number of likely N-dealkylation sites (tertiary alicyclic amines) is 1. The number of hydrogen-bond donors (Lipinski definition) is 1. The maximum absolute atomic E-state index is 11.1. The predicted octanol–water partition coefficient (Wildman–Crippen LogP) is 7.25. The zero-order valence-electron chi connectivity index (χ0n) is 25.7. The van der Waals surface area contributed by atoms with Crippen LogP contribution in [0.3, 0.4) is 0 Å². The van der Waals surface area contributed by atoms with E-state index in [9.17, 15) is 4.79 Å². The number of ether oxygens (including phenoxy) is 2. The van der Waals surface area contributed by atoms with Gasteiger partial charge in [-0.3, -0.25) is 9.69 Å². The van der Waals surface area contributed by atoms with Gasteiger partial charge < -0.3 is 19.0 Å². The Morgan fingerprint density at radius 2 is 1.76 bits per heavy atom. The summed E-state index contributed by atoms with van der Waals surface area (Å²) in [5, 5.41) is 9.36. The van der Waals surface area contributed by atoms with Gasteiger partial charge in [-0.2, -0.15) is 0 Å². The van der Waals surface area contributed by atoms with E-state index in [1.807, 2.05) is 0 Å². The highest BCUT2D eigenvalue weighted by atomic mass is 28.4. The fourth-order valence-corrected chi connectivity index (χ4v) is 7.52. The summed E-state index contributed by atoms with van der Waals surface area (Å²) in [7, 11) is 1.68. The van der Waals surface area contributed by atoms with Gasteiger partial charge in [0.2, 0.25) is 0 Å². The number of aliphatic carboxylic acids is 1. The van der Waals surface area contributed by atoms with E-state index in [1.165, 1.54) is 32.1 Å². The molecule has 0 spiro atoms. The van der Waals surface area contributed by atoms with Crippen LogP contribution in [-0.4, -0.2) is 69.5 Å². The van der Waals surface area contributed by atoms with Gasteiger partial charge in [0.1, 0.15) is 0 Å². The third-order valence-corrected chi connectivity index (χ3v) is 14.7. The van der Waals surface area contributed by atoms with E-state index in [0.717, 1.165) is 51.1 Å². The van der Waals surface area contributed by atoms with Crippen LogP contribution in [0, 0.1) is 17.3 Å². The van der Waals surface area contributed by atoms with Gasteiger partial charge in [-0.25, -0.2) is 0 Å². The predicted molar refractivity (Wildman–Crippen MR) is 157 cm³/mol. The van der Waals surface area contributed by atoms with Gasteiger partial charge in [0.05, 0.1) is 18.1 Å². The molecule has 3 atom stereocenters. The van der Waals surface area contributed by atoms with Gasteiger partial charge in [0.25, 0.3) is 0 Å². The molecule has 2 aliphatic carbocycles. The molecule has 0 aromatic rings. The molecule has 3 aliphatic rings. The first-order chi connectivity index (χ1) is 17.8. The Hall–Kier alpha value is -0.733. The van der Waals surface area contributed by atoms with E-state index < -0.39 is 20.1 Å². The van der Waals surface area contributed by atoms with Crippen LogP contribution < -0.4 is 0 Å². The molecule has 6 nitrogen and oxygen atoms in total. The Morgan fingerprint density at radius 1 is 1.11 bits per heavy atom. The van der Waals surface area contributed by atoms with E-state index in [4.69, 9.17) is 19.0 Å². The van der Waals surface area contributed by atoms with Crippen molar-refractivity contribution in [1.29, 1.82) is 0 Å². The Bertz CT molecular complexity index is 795. The quantitative estimate of drug-likeness (QED) is 0.117. The van der Waals surface area contributed by atoms with Crippen molar-refractivity contribution in [3.8, 4) is 0 Å². The molecule has 1 heterocycles. The van der Waals surface area contributed by atoms with Gasteiger partial charge >= 0.3 is 5.97 Å². The zero-order chi connectivity index (χ0) is 28.2. The standard InChI is InChI=1S/C31H57NO5Si/c1-24(28(33)34)13-10-9-11-14-26-31(35-5,36-6)20-22-32(26)21-12-15-27(37-38(7,8)29(2,3)4)30(18-19-30)23-25-16-17-25/h9,11,24-27H,10,12-23H2,1-8H3,(H,33,34). The molecular weight excluding hydrogens is 494 g/mol. The third-order valence-electron chi connectivity index (χ3n) is 10.2. The van der Waals surface area contributed by atoms with Gasteiger partial charge in [0.15, 0.2) is 14.1 Å². The minimum Gasteiger partial charge on any atom is -0.481 e. The van der Waals surface area contributed by atoms with Crippen LogP contribution in [-0.2, 0) is 18.7 Å². The lowest BCUT2D eigenvalue weighted by molar-refractivity contribution is -0.218. The fraction of sp³-hybridized carbons (Fsp3) is 0.903. The summed E-state index contributed by atoms with van der Waals surface area (Å²) in [5.41, 5.74) is 0.430. The molecule has 3 unspecified atom stereocenters. The fourth-order valence-electron chi connectivity index (χ4n) is 6.09. The van der Waals surface area contributed by atoms with Gasteiger partial charge in [-0.15, -0.1) is 0 Å². The summed E-state index contributed by atoms with van der Waals surface area (Å²) in [6.45, 7) is 15.7. The van der Waals surface area contributed by atoms with Crippen molar-refractivity contribution in [2.45, 2.75) is 134 Å². The van der Waals surface area contributed by atoms with Crippen molar-refractivity contribution in [2.75, 3.05) is 27.3 Å². The highest BCUT2D eigenvalue weighted by molar-refractivity contribution is 6.74. The van der Waals surface area contributed by atoms with Crippen LogP contribution in [0.2, 0.25) is 18.1 Å². The smallest absolute Gasteiger partial charge is 0.306 e. The second kappa shape index (κ2) is 12.8. The van der Waals surface area contributed by atoms with Crippen LogP contribution in [0.15, 0.2) is 12.2 Å². The lowest BCUT2D eigenvalue weighted by atomic mass is 9.89. The second-order valence-corrected chi connectivity index (χ2v) is 18.8. The summed E-state index contributed by atoms with van der Waals surface area (Å²) < 4.78 is 19.1. The SMILES string of the molecule is COC1(OC)CCN(CCCC(O[Si](C)(C)C(C)(C)C)C2(CC3CC3)CC2)C1CC=CCCC(C)C(=O)O. The molecule has 0 aromatic carbocycles. The lowest BCUT2D eigenvalue weighted by Crippen LogP contribution is -2.48. The monoisotopic (exact) mass is 551 g/mol. The molecule has 1 saturated heterocycles. The van der Waals surface area contributed by atoms with E-state index in [-0.39, 0.29) is 17.0 Å². The molecule has 1 aliphatic heterocycles. The van der Waals surface area contributed by atoms with Crippen LogP contribution in [0.1, 0.15) is 98.3 Å². The molecule has 0 aromatic heterocycles. The Morgan fingerprint density at radius 3 is 2.29 bits per heavy atom. The number of rotatable bonds is 17. The molecule has 3 fully saturated rings. The number of methoxy groups -OCH3 is 2. The number of allylic oxidation sites excluding steroid dienone is 1. The van der Waals surface area contributed by atoms with Crippen molar-refractivity contribution in [3.63, 3.8) is 0 Å². The highest BCUT2D eigenvalue weighted by Crippen LogP contribution is 2.60. The number of carbonyl (C=O) groups is 1. The topological polar surface area (TPSA) is 68.2 Å². The van der Waals surface area contributed by atoms with Crippen molar-refractivity contribution < 1.29 is 23.8 Å². The Balaban J connectivity index is 1.62. The molecule has 38 heavy (non-hydrogen) atoms. The number of nitrogens with zero attached hydrogens (tertiary/aromatic N) is 1. The first-order valence-corrected chi connectivity index (χ1v) is 18.1. The average Bonchev–Trinajstić information content (AvgIpc) is 3.78. The first-order valence-electron chi connectivity index (χ1n) is 15.2. The minimum absolute atomic E-state index is 0.159. The molecule has 2 saturated carbocycles. The highest BCUT2D eigenvalue weighted by Gasteiger charge is 2.54. The van der Waals surface area contributed by atoms with Crippen LogP contribution in [0.4, 0.5) is 0 Å². The Labute approximate surface area is 234 Å². The third kappa shape index (κ3) is 7.93. The molecule has 7 heteroatoms. The summed E-state index contributed by atoms with van der Waals surface area (Å²) in [4.78, 5) is 13.7. The molecule has 3 rings (SSSR count). The molecule has 0 amide bonds.